The third-order valence-electron chi connectivity index (χ3n) is 1.93. The maximum absolute atomic E-state index is 5.27. The average molecular weight is 177 g/mol. The van der Waals surface area contributed by atoms with Crippen molar-refractivity contribution >= 4 is 0 Å². The molecule has 2 nitrogen and oxygen atoms in total. The van der Waals surface area contributed by atoms with E-state index in [4.69, 9.17) is 10.8 Å². The molecule has 0 amide bonds. The Labute approximate surface area is 79.3 Å². The van der Waals surface area contributed by atoms with Crippen LogP contribution in [0.3, 0.4) is 0 Å². The molecule has 0 aliphatic heterocycles. The predicted octanol–water partition coefficient (Wildman–Crippen LogP) is 2.09. The monoisotopic (exact) mass is 177 g/mol. The Morgan fingerprint density at radius 3 is 3.08 bits per heavy atom. The first-order chi connectivity index (χ1) is 6.34. The van der Waals surface area contributed by atoms with E-state index in [0.717, 1.165) is 31.7 Å². The Morgan fingerprint density at radius 1 is 1.62 bits per heavy atom. The number of unbranched alkanes of at least 4 members (excludes halogenated alkanes) is 1. The molecule has 0 saturated heterocycles. The topological polar surface area (TPSA) is 25.2 Å². The van der Waals surface area contributed by atoms with Gasteiger partial charge >= 0.3 is 0 Å². The summed E-state index contributed by atoms with van der Waals surface area (Å²) in [5.41, 5.74) is 1.20. The Hall–Kier alpha value is -1.20. The molecule has 0 bridgehead atoms. The maximum Gasteiger partial charge on any atom is 0.120 e. The van der Waals surface area contributed by atoms with Gasteiger partial charge in [-0.25, -0.2) is 0 Å². The molecule has 0 spiro atoms. The summed E-state index contributed by atoms with van der Waals surface area (Å²) in [7, 11) is 0. The van der Waals surface area contributed by atoms with Gasteiger partial charge in [0.1, 0.15) is 5.76 Å². The minimum absolute atomic E-state index is 0.795. The van der Waals surface area contributed by atoms with E-state index < -0.39 is 0 Å². The summed E-state index contributed by atoms with van der Waals surface area (Å²) < 4.78 is 5.27. The van der Waals surface area contributed by atoms with Crippen LogP contribution in [0.2, 0.25) is 0 Å². The normalized spacial score (nSPS) is 9.85. The molecule has 1 rings (SSSR count). The van der Waals surface area contributed by atoms with E-state index in [1.807, 2.05) is 13.0 Å². The number of hydrogen-bond donors (Lipinski definition) is 1. The zero-order chi connectivity index (χ0) is 9.52. The molecular weight excluding hydrogens is 162 g/mol. The zero-order valence-corrected chi connectivity index (χ0v) is 7.97. The highest BCUT2D eigenvalue weighted by molar-refractivity contribution is 5.13. The molecule has 13 heavy (non-hydrogen) atoms. The largest absolute Gasteiger partial charge is 0.468 e. The van der Waals surface area contributed by atoms with Gasteiger partial charge in [-0.2, -0.15) is 0 Å². The highest BCUT2D eigenvalue weighted by Gasteiger charge is 1.99. The number of furan rings is 1. The van der Waals surface area contributed by atoms with Crippen LogP contribution in [-0.4, -0.2) is 6.54 Å². The molecule has 0 unspecified atom stereocenters. The molecule has 0 atom stereocenters. The van der Waals surface area contributed by atoms with Gasteiger partial charge < -0.3 is 9.73 Å². The fraction of sp³-hybridized carbons (Fsp3) is 0.455. The Morgan fingerprint density at radius 2 is 2.46 bits per heavy atom. The van der Waals surface area contributed by atoms with Gasteiger partial charge in [0.25, 0.3) is 0 Å². The molecule has 1 N–H and O–H groups in total. The van der Waals surface area contributed by atoms with E-state index >= 15 is 0 Å². The van der Waals surface area contributed by atoms with Gasteiger partial charge in [-0.05, 0) is 31.5 Å². The SMILES string of the molecule is C#CCCCNCc1occc1C. The third-order valence-corrected chi connectivity index (χ3v) is 1.93. The van der Waals surface area contributed by atoms with Crippen LogP contribution in [0.1, 0.15) is 24.2 Å². The Balaban J connectivity index is 2.14. The Kier molecular flexibility index (Phi) is 4.14. The van der Waals surface area contributed by atoms with Crippen molar-refractivity contribution < 1.29 is 4.42 Å². The first-order valence-electron chi connectivity index (χ1n) is 4.51. The molecule has 0 aliphatic rings. The second-order valence-corrected chi connectivity index (χ2v) is 3.01. The van der Waals surface area contributed by atoms with Crippen LogP contribution in [0.15, 0.2) is 16.7 Å². The molecule has 0 fully saturated rings. The predicted molar refractivity (Wildman–Crippen MR) is 53.2 cm³/mol. The average Bonchev–Trinajstić information content (AvgIpc) is 2.52. The van der Waals surface area contributed by atoms with Crippen LogP contribution in [0.25, 0.3) is 0 Å². The molecule has 70 valence electrons. The summed E-state index contributed by atoms with van der Waals surface area (Å²) in [6.07, 6.45) is 8.71. The van der Waals surface area contributed by atoms with Gasteiger partial charge in [-0.15, -0.1) is 12.3 Å². The number of aryl methyl sites for hydroxylation is 1. The van der Waals surface area contributed by atoms with Gasteiger partial charge in [-0.3, -0.25) is 0 Å². The van der Waals surface area contributed by atoms with Crippen molar-refractivity contribution in [2.45, 2.75) is 26.3 Å². The van der Waals surface area contributed by atoms with Crippen molar-refractivity contribution in [3.05, 3.63) is 23.7 Å². The first-order valence-corrected chi connectivity index (χ1v) is 4.51. The van der Waals surface area contributed by atoms with E-state index in [-0.39, 0.29) is 0 Å². The van der Waals surface area contributed by atoms with E-state index in [9.17, 15) is 0 Å². The van der Waals surface area contributed by atoms with Crippen molar-refractivity contribution in [1.29, 1.82) is 0 Å². The zero-order valence-electron chi connectivity index (χ0n) is 7.97. The van der Waals surface area contributed by atoms with Crippen molar-refractivity contribution in [1.82, 2.24) is 5.32 Å². The second-order valence-electron chi connectivity index (χ2n) is 3.01. The molecule has 1 heterocycles. The van der Waals surface area contributed by atoms with E-state index in [0.29, 0.717) is 0 Å². The minimum atomic E-state index is 0.795. The van der Waals surface area contributed by atoms with E-state index in [1.165, 1.54) is 5.56 Å². The van der Waals surface area contributed by atoms with Crippen LogP contribution in [0, 0.1) is 19.3 Å². The van der Waals surface area contributed by atoms with Gasteiger partial charge in [0.15, 0.2) is 0 Å². The fourth-order valence-corrected chi connectivity index (χ4v) is 1.10. The van der Waals surface area contributed by atoms with Gasteiger partial charge in [0.2, 0.25) is 0 Å². The van der Waals surface area contributed by atoms with Gasteiger partial charge in [0.05, 0.1) is 12.8 Å². The van der Waals surface area contributed by atoms with Crippen LogP contribution in [-0.2, 0) is 6.54 Å². The van der Waals surface area contributed by atoms with Crippen molar-refractivity contribution in [3.63, 3.8) is 0 Å². The third kappa shape index (κ3) is 3.35. The second kappa shape index (κ2) is 5.45. The highest BCUT2D eigenvalue weighted by Crippen LogP contribution is 2.07. The smallest absolute Gasteiger partial charge is 0.120 e. The molecule has 0 aromatic carbocycles. The number of nitrogens with one attached hydrogen (secondary N) is 1. The van der Waals surface area contributed by atoms with Crippen LogP contribution in [0.4, 0.5) is 0 Å². The summed E-state index contributed by atoms with van der Waals surface area (Å²) in [5, 5.41) is 3.27. The minimum Gasteiger partial charge on any atom is -0.468 e. The number of rotatable bonds is 5. The van der Waals surface area contributed by atoms with Crippen LogP contribution in [0.5, 0.6) is 0 Å². The lowest BCUT2D eigenvalue weighted by atomic mass is 10.2. The van der Waals surface area contributed by atoms with Crippen molar-refractivity contribution in [2.75, 3.05) is 6.54 Å². The molecular formula is C11H15NO. The lowest BCUT2D eigenvalue weighted by Gasteiger charge is -2.01. The summed E-state index contributed by atoms with van der Waals surface area (Å²) in [6, 6.07) is 1.97. The number of hydrogen-bond acceptors (Lipinski definition) is 2. The molecule has 0 saturated carbocycles. The summed E-state index contributed by atoms with van der Waals surface area (Å²) in [6.45, 7) is 3.79. The molecule has 0 aliphatic carbocycles. The maximum atomic E-state index is 5.27. The molecule has 0 radical (unpaired) electrons. The Bertz CT molecular complexity index is 283. The summed E-state index contributed by atoms with van der Waals surface area (Å²) in [4.78, 5) is 0. The summed E-state index contributed by atoms with van der Waals surface area (Å²) >= 11 is 0. The van der Waals surface area contributed by atoms with Crippen LogP contribution < -0.4 is 5.32 Å². The lowest BCUT2D eigenvalue weighted by Crippen LogP contribution is -2.14. The quantitative estimate of drug-likeness (QED) is 0.550. The van der Waals surface area contributed by atoms with Crippen LogP contribution >= 0.6 is 0 Å². The van der Waals surface area contributed by atoms with Gasteiger partial charge in [-0.1, -0.05) is 0 Å². The van der Waals surface area contributed by atoms with Crippen molar-refractivity contribution in [2.24, 2.45) is 0 Å². The molecule has 1 aromatic heterocycles. The van der Waals surface area contributed by atoms with Crippen molar-refractivity contribution in [3.8, 4) is 12.3 Å². The standard InChI is InChI=1S/C11H15NO/c1-3-4-5-7-12-9-11-10(2)6-8-13-11/h1,6,8,12H,4-5,7,9H2,2H3. The summed E-state index contributed by atoms with van der Waals surface area (Å²) in [5.74, 6) is 3.62. The molecule has 2 heteroatoms. The fourth-order valence-electron chi connectivity index (χ4n) is 1.10. The van der Waals surface area contributed by atoms with E-state index in [2.05, 4.69) is 11.2 Å². The first kappa shape index (κ1) is 9.88. The molecule has 1 aromatic rings. The van der Waals surface area contributed by atoms with Gasteiger partial charge in [0, 0.05) is 6.42 Å². The highest BCUT2D eigenvalue weighted by atomic mass is 16.3. The van der Waals surface area contributed by atoms with E-state index in [1.54, 1.807) is 6.26 Å². The lowest BCUT2D eigenvalue weighted by molar-refractivity contribution is 0.479. The number of terminal acetylenes is 1.